The Bertz CT molecular complexity index is 1300. The minimum atomic E-state index is 0.0250. The van der Waals surface area contributed by atoms with E-state index in [0.717, 1.165) is 29.0 Å². The molecule has 0 aliphatic carbocycles. The van der Waals surface area contributed by atoms with Crippen LogP contribution in [0.25, 0.3) is 11.0 Å². The van der Waals surface area contributed by atoms with Crippen LogP contribution in [0.15, 0.2) is 72.8 Å². The van der Waals surface area contributed by atoms with Crippen molar-refractivity contribution in [3.8, 4) is 11.5 Å². The summed E-state index contributed by atoms with van der Waals surface area (Å²) < 4.78 is 13.7. The summed E-state index contributed by atoms with van der Waals surface area (Å²) in [6, 6.07) is 24.0. The normalized spacial score (nSPS) is 15.8. The average Bonchev–Trinajstić information content (AvgIpc) is 3.45. The molecule has 34 heavy (non-hydrogen) atoms. The highest BCUT2D eigenvalue weighted by Gasteiger charge is 2.34. The van der Waals surface area contributed by atoms with E-state index in [1.165, 1.54) is 5.56 Å². The fourth-order valence-corrected chi connectivity index (χ4v) is 4.67. The lowest BCUT2D eigenvalue weighted by atomic mass is 10.1. The molecule has 4 aromatic rings. The van der Waals surface area contributed by atoms with Gasteiger partial charge in [0.25, 0.3) is 0 Å². The number of imidazole rings is 1. The largest absolute Gasteiger partial charge is 0.493 e. The monoisotopic (exact) mass is 455 g/mol. The summed E-state index contributed by atoms with van der Waals surface area (Å²) in [4.78, 5) is 19.8. The molecule has 1 atom stereocenters. The number of hydrogen-bond donors (Lipinski definition) is 0. The van der Waals surface area contributed by atoms with Crippen molar-refractivity contribution in [3.63, 3.8) is 0 Å². The number of carbonyl (C=O) groups is 1. The van der Waals surface area contributed by atoms with E-state index in [4.69, 9.17) is 14.5 Å². The molecule has 1 saturated heterocycles. The van der Waals surface area contributed by atoms with Gasteiger partial charge in [-0.15, -0.1) is 0 Å². The number of aromatic nitrogens is 2. The lowest BCUT2D eigenvalue weighted by Crippen LogP contribution is -2.24. The number of methoxy groups -OCH3 is 1. The summed E-state index contributed by atoms with van der Waals surface area (Å²) >= 11 is 0. The van der Waals surface area contributed by atoms with Gasteiger partial charge in [-0.1, -0.05) is 43.3 Å². The van der Waals surface area contributed by atoms with E-state index in [2.05, 4.69) is 29.7 Å². The second-order valence-corrected chi connectivity index (χ2v) is 8.54. The van der Waals surface area contributed by atoms with E-state index < -0.39 is 0 Å². The molecule has 0 spiro atoms. The molecule has 0 N–H and O–H groups in total. The number of para-hydroxylation sites is 4. The Hall–Kier alpha value is -3.80. The van der Waals surface area contributed by atoms with Gasteiger partial charge in [-0.25, -0.2) is 4.98 Å². The van der Waals surface area contributed by atoms with E-state index in [-0.39, 0.29) is 11.8 Å². The Morgan fingerprint density at radius 3 is 2.47 bits per heavy atom. The van der Waals surface area contributed by atoms with Crippen LogP contribution < -0.4 is 14.4 Å². The number of benzene rings is 3. The molecule has 0 unspecified atom stereocenters. The lowest BCUT2D eigenvalue weighted by molar-refractivity contribution is -0.117. The van der Waals surface area contributed by atoms with Gasteiger partial charge < -0.3 is 18.9 Å². The van der Waals surface area contributed by atoms with Gasteiger partial charge in [-0.3, -0.25) is 4.79 Å². The van der Waals surface area contributed by atoms with Crippen LogP contribution in [0.2, 0.25) is 0 Å². The zero-order chi connectivity index (χ0) is 23.5. The maximum absolute atomic E-state index is 13.0. The van der Waals surface area contributed by atoms with Crippen LogP contribution in [0, 0.1) is 0 Å². The van der Waals surface area contributed by atoms with Crippen LogP contribution in [-0.4, -0.2) is 35.7 Å². The van der Waals surface area contributed by atoms with Gasteiger partial charge in [-0.05, 0) is 48.4 Å². The molecule has 5 rings (SSSR count). The number of rotatable bonds is 8. The second kappa shape index (κ2) is 9.59. The first kappa shape index (κ1) is 22.0. The molecule has 1 fully saturated rings. The fourth-order valence-electron chi connectivity index (χ4n) is 4.67. The Morgan fingerprint density at radius 2 is 1.71 bits per heavy atom. The molecule has 1 aliphatic rings. The van der Waals surface area contributed by atoms with Gasteiger partial charge in [0.05, 0.1) is 24.7 Å². The highest BCUT2D eigenvalue weighted by atomic mass is 16.5. The average molecular weight is 456 g/mol. The third-order valence-electron chi connectivity index (χ3n) is 6.47. The van der Waals surface area contributed by atoms with Gasteiger partial charge in [0.2, 0.25) is 5.91 Å². The van der Waals surface area contributed by atoms with Crippen molar-refractivity contribution < 1.29 is 14.3 Å². The zero-order valence-electron chi connectivity index (χ0n) is 19.6. The molecular weight excluding hydrogens is 426 g/mol. The molecule has 1 aliphatic heterocycles. The summed E-state index contributed by atoms with van der Waals surface area (Å²) in [7, 11) is 1.64. The number of anilines is 1. The molecule has 1 aromatic heterocycles. The number of aryl methyl sites for hydroxylation is 1. The standard InChI is InChI=1S/C28H29N3O3/c1-3-20-12-14-22(15-13-20)31-19-21(18-27(31)32)28-29-23-8-4-5-9-24(23)30(28)16-17-34-26-11-7-6-10-25(26)33-2/h4-15,21H,3,16-19H2,1-2H3/t21-/m1/s1. The third kappa shape index (κ3) is 4.23. The van der Waals surface area contributed by atoms with Crippen molar-refractivity contribution in [3.05, 3.63) is 84.2 Å². The number of fused-ring (bicyclic) bond motifs is 1. The number of nitrogens with zero attached hydrogens (tertiary/aromatic N) is 3. The molecular formula is C28H29N3O3. The number of hydrogen-bond acceptors (Lipinski definition) is 4. The van der Waals surface area contributed by atoms with Crippen LogP contribution in [0.3, 0.4) is 0 Å². The van der Waals surface area contributed by atoms with Crippen molar-refractivity contribution in [2.75, 3.05) is 25.2 Å². The summed E-state index contributed by atoms with van der Waals surface area (Å²) in [5.41, 5.74) is 4.21. The van der Waals surface area contributed by atoms with Crippen molar-refractivity contribution in [1.82, 2.24) is 9.55 Å². The summed E-state index contributed by atoms with van der Waals surface area (Å²) in [5, 5.41) is 0. The van der Waals surface area contributed by atoms with Crippen LogP contribution in [0.5, 0.6) is 11.5 Å². The van der Waals surface area contributed by atoms with Crippen LogP contribution in [-0.2, 0) is 17.8 Å². The minimum absolute atomic E-state index is 0.0250. The predicted octanol–water partition coefficient (Wildman–Crippen LogP) is 5.21. The Kier molecular flexibility index (Phi) is 6.21. The Labute approximate surface area is 199 Å². The van der Waals surface area contributed by atoms with E-state index >= 15 is 0 Å². The summed E-state index contributed by atoms with van der Waals surface area (Å²) in [6.07, 6.45) is 1.43. The van der Waals surface area contributed by atoms with Crippen molar-refractivity contribution in [1.29, 1.82) is 0 Å². The van der Waals surface area contributed by atoms with Gasteiger partial charge in [0.1, 0.15) is 12.4 Å². The first-order valence-corrected chi connectivity index (χ1v) is 11.8. The first-order chi connectivity index (χ1) is 16.7. The predicted molar refractivity (Wildman–Crippen MR) is 134 cm³/mol. The van der Waals surface area contributed by atoms with Gasteiger partial charge in [0.15, 0.2) is 11.5 Å². The van der Waals surface area contributed by atoms with E-state index in [9.17, 15) is 4.79 Å². The SMILES string of the molecule is CCc1ccc(N2C[C@H](c3nc4ccccc4n3CCOc3ccccc3OC)CC2=O)cc1. The number of carbonyl (C=O) groups excluding carboxylic acids is 1. The molecule has 1 amide bonds. The van der Waals surface area contributed by atoms with Crippen molar-refractivity contribution in [2.45, 2.75) is 32.2 Å². The zero-order valence-corrected chi connectivity index (χ0v) is 19.6. The van der Waals surface area contributed by atoms with Crippen LogP contribution in [0.1, 0.15) is 30.7 Å². The fraction of sp³-hybridized carbons (Fsp3) is 0.286. The maximum Gasteiger partial charge on any atom is 0.227 e. The smallest absolute Gasteiger partial charge is 0.227 e. The van der Waals surface area contributed by atoms with Gasteiger partial charge in [-0.2, -0.15) is 0 Å². The van der Waals surface area contributed by atoms with Crippen LogP contribution in [0.4, 0.5) is 5.69 Å². The minimum Gasteiger partial charge on any atom is -0.493 e. The molecule has 6 heteroatoms. The quantitative estimate of drug-likeness (QED) is 0.366. The summed E-state index contributed by atoms with van der Waals surface area (Å²) in [6.45, 7) is 3.86. The molecule has 2 heterocycles. The summed E-state index contributed by atoms with van der Waals surface area (Å²) in [5.74, 6) is 2.53. The number of ether oxygens (including phenoxy) is 2. The number of amides is 1. The third-order valence-corrected chi connectivity index (χ3v) is 6.47. The molecule has 174 valence electrons. The Balaban J connectivity index is 1.39. The van der Waals surface area contributed by atoms with Crippen molar-refractivity contribution in [2.24, 2.45) is 0 Å². The Morgan fingerprint density at radius 1 is 0.971 bits per heavy atom. The first-order valence-electron chi connectivity index (χ1n) is 11.8. The van der Waals surface area contributed by atoms with E-state index in [1.807, 2.05) is 59.5 Å². The second-order valence-electron chi connectivity index (χ2n) is 8.54. The molecule has 3 aromatic carbocycles. The molecule has 0 bridgehead atoms. The van der Waals surface area contributed by atoms with E-state index in [1.54, 1.807) is 7.11 Å². The highest BCUT2D eigenvalue weighted by Crippen LogP contribution is 2.33. The molecule has 6 nitrogen and oxygen atoms in total. The van der Waals surface area contributed by atoms with E-state index in [0.29, 0.717) is 37.6 Å². The molecule has 0 saturated carbocycles. The van der Waals surface area contributed by atoms with Crippen molar-refractivity contribution >= 4 is 22.6 Å². The van der Waals surface area contributed by atoms with Gasteiger partial charge >= 0.3 is 0 Å². The van der Waals surface area contributed by atoms with Gasteiger partial charge in [0, 0.05) is 24.6 Å². The highest BCUT2D eigenvalue weighted by molar-refractivity contribution is 5.96. The lowest BCUT2D eigenvalue weighted by Gasteiger charge is -2.18. The maximum atomic E-state index is 13.0. The molecule has 0 radical (unpaired) electrons. The topological polar surface area (TPSA) is 56.6 Å². The van der Waals surface area contributed by atoms with Crippen LogP contribution >= 0.6 is 0 Å².